The molecule has 0 amide bonds. The van der Waals surface area contributed by atoms with Gasteiger partial charge >= 0.3 is 0 Å². The Morgan fingerprint density at radius 2 is 1.94 bits per heavy atom. The average Bonchev–Trinajstić information content (AvgIpc) is 2.87. The predicted molar refractivity (Wildman–Crippen MR) is 77.6 cm³/mol. The smallest absolute Gasteiger partial charge is 0.0264 e. The molecule has 1 saturated heterocycles. The molecule has 2 atom stereocenters. The molecule has 2 unspecified atom stereocenters. The number of nitrogens with one attached hydrogen (secondary N) is 1. The van der Waals surface area contributed by atoms with Crippen LogP contribution in [-0.4, -0.2) is 30.6 Å². The second kappa shape index (κ2) is 6.91. The minimum absolute atomic E-state index is 0.718. The molecule has 1 aromatic rings. The second-order valence-corrected chi connectivity index (χ2v) is 5.35. The number of hydrogen-bond donors (Lipinski definition) is 1. The zero-order valence-corrected chi connectivity index (χ0v) is 11.7. The van der Waals surface area contributed by atoms with Crippen LogP contribution < -0.4 is 5.32 Å². The van der Waals surface area contributed by atoms with E-state index in [2.05, 4.69) is 54.4 Å². The normalized spacial score (nSPS) is 23.7. The Balaban J connectivity index is 2.03. The molecule has 1 heterocycles. The molecule has 1 aliphatic rings. The van der Waals surface area contributed by atoms with Gasteiger partial charge in [-0.1, -0.05) is 50.6 Å². The standard InChI is InChI=1S/C16H26N2/c1-3-10-18(13-14-8-6-5-7-9-14)16-12-17-11-15(16)4-2/h5-9,15-17H,3-4,10-13H2,1-2H3. The molecular weight excluding hydrogens is 220 g/mol. The first kappa shape index (κ1) is 13.6. The predicted octanol–water partition coefficient (Wildman–Crippen LogP) is 2.90. The number of nitrogens with zero attached hydrogens (tertiary/aromatic N) is 1. The summed E-state index contributed by atoms with van der Waals surface area (Å²) >= 11 is 0. The maximum atomic E-state index is 3.56. The van der Waals surface area contributed by atoms with Crippen molar-refractivity contribution >= 4 is 0 Å². The third-order valence-corrected chi connectivity index (χ3v) is 4.04. The molecule has 2 heteroatoms. The molecule has 1 fully saturated rings. The van der Waals surface area contributed by atoms with Crippen LogP contribution in [0.4, 0.5) is 0 Å². The molecule has 0 aromatic heterocycles. The molecule has 100 valence electrons. The van der Waals surface area contributed by atoms with Gasteiger partial charge in [-0.25, -0.2) is 0 Å². The fraction of sp³-hybridized carbons (Fsp3) is 0.625. The van der Waals surface area contributed by atoms with E-state index in [-0.39, 0.29) is 0 Å². The topological polar surface area (TPSA) is 15.3 Å². The summed E-state index contributed by atoms with van der Waals surface area (Å²) in [5.74, 6) is 0.820. The molecule has 0 saturated carbocycles. The van der Waals surface area contributed by atoms with Crippen LogP contribution in [0.5, 0.6) is 0 Å². The van der Waals surface area contributed by atoms with E-state index >= 15 is 0 Å². The minimum atomic E-state index is 0.718. The number of benzene rings is 1. The van der Waals surface area contributed by atoms with E-state index < -0.39 is 0 Å². The van der Waals surface area contributed by atoms with Crippen molar-refractivity contribution in [2.75, 3.05) is 19.6 Å². The van der Waals surface area contributed by atoms with Crippen LogP contribution in [0, 0.1) is 5.92 Å². The van der Waals surface area contributed by atoms with Crippen molar-refractivity contribution < 1.29 is 0 Å². The SMILES string of the molecule is CCCN(Cc1ccccc1)C1CNCC1CC. The van der Waals surface area contributed by atoms with Gasteiger partial charge in [0.25, 0.3) is 0 Å². The van der Waals surface area contributed by atoms with E-state index in [0.717, 1.165) is 25.0 Å². The Bertz CT molecular complexity index is 336. The largest absolute Gasteiger partial charge is 0.315 e. The fourth-order valence-corrected chi connectivity index (χ4v) is 3.03. The van der Waals surface area contributed by atoms with Gasteiger partial charge in [0.05, 0.1) is 0 Å². The van der Waals surface area contributed by atoms with Crippen molar-refractivity contribution in [2.24, 2.45) is 5.92 Å². The van der Waals surface area contributed by atoms with Crippen LogP contribution in [0.1, 0.15) is 32.3 Å². The third-order valence-electron chi connectivity index (χ3n) is 4.04. The first-order valence-corrected chi connectivity index (χ1v) is 7.33. The summed E-state index contributed by atoms with van der Waals surface area (Å²) in [5.41, 5.74) is 1.44. The average molecular weight is 246 g/mol. The van der Waals surface area contributed by atoms with Crippen LogP contribution in [-0.2, 0) is 6.54 Å². The van der Waals surface area contributed by atoms with E-state index in [9.17, 15) is 0 Å². The Morgan fingerprint density at radius 3 is 2.61 bits per heavy atom. The lowest BCUT2D eigenvalue weighted by Gasteiger charge is -2.32. The molecule has 2 rings (SSSR count). The van der Waals surface area contributed by atoms with Crippen molar-refractivity contribution in [1.82, 2.24) is 10.2 Å². The van der Waals surface area contributed by atoms with Gasteiger partial charge in [0, 0.05) is 19.1 Å². The van der Waals surface area contributed by atoms with E-state index in [0.29, 0.717) is 0 Å². The van der Waals surface area contributed by atoms with Crippen molar-refractivity contribution in [1.29, 1.82) is 0 Å². The van der Waals surface area contributed by atoms with Gasteiger partial charge in [0.15, 0.2) is 0 Å². The molecule has 1 aromatic carbocycles. The van der Waals surface area contributed by atoms with Gasteiger partial charge in [-0.2, -0.15) is 0 Å². The Labute approximate surface area is 111 Å². The molecule has 1 N–H and O–H groups in total. The lowest BCUT2D eigenvalue weighted by Crippen LogP contribution is -2.40. The summed E-state index contributed by atoms with van der Waals surface area (Å²) in [6, 6.07) is 11.6. The van der Waals surface area contributed by atoms with E-state index in [4.69, 9.17) is 0 Å². The van der Waals surface area contributed by atoms with Crippen LogP contribution in [0.3, 0.4) is 0 Å². The molecule has 0 spiro atoms. The fourth-order valence-electron chi connectivity index (χ4n) is 3.03. The Morgan fingerprint density at radius 1 is 1.17 bits per heavy atom. The second-order valence-electron chi connectivity index (χ2n) is 5.35. The lowest BCUT2D eigenvalue weighted by molar-refractivity contribution is 0.161. The molecule has 2 nitrogen and oxygen atoms in total. The summed E-state index contributed by atoms with van der Waals surface area (Å²) < 4.78 is 0. The van der Waals surface area contributed by atoms with Crippen molar-refractivity contribution in [3.05, 3.63) is 35.9 Å². The lowest BCUT2D eigenvalue weighted by atomic mass is 9.98. The molecule has 0 bridgehead atoms. The third kappa shape index (κ3) is 3.33. The van der Waals surface area contributed by atoms with Crippen LogP contribution in [0.2, 0.25) is 0 Å². The summed E-state index contributed by atoms with van der Waals surface area (Å²) in [5, 5.41) is 3.56. The molecule has 1 aliphatic heterocycles. The summed E-state index contributed by atoms with van der Waals surface area (Å²) in [6.45, 7) is 9.25. The van der Waals surface area contributed by atoms with E-state index in [1.165, 1.54) is 31.5 Å². The highest BCUT2D eigenvalue weighted by Crippen LogP contribution is 2.21. The van der Waals surface area contributed by atoms with E-state index in [1.54, 1.807) is 0 Å². The highest BCUT2D eigenvalue weighted by atomic mass is 15.2. The maximum Gasteiger partial charge on any atom is 0.0264 e. The van der Waals surface area contributed by atoms with Crippen molar-refractivity contribution in [3.63, 3.8) is 0 Å². The minimum Gasteiger partial charge on any atom is -0.315 e. The summed E-state index contributed by atoms with van der Waals surface area (Å²) in [6.07, 6.45) is 2.52. The zero-order valence-electron chi connectivity index (χ0n) is 11.7. The van der Waals surface area contributed by atoms with Crippen molar-refractivity contribution in [2.45, 2.75) is 39.3 Å². The van der Waals surface area contributed by atoms with Crippen LogP contribution in [0.25, 0.3) is 0 Å². The highest BCUT2D eigenvalue weighted by Gasteiger charge is 2.30. The molecule has 18 heavy (non-hydrogen) atoms. The highest BCUT2D eigenvalue weighted by molar-refractivity contribution is 5.14. The summed E-state index contributed by atoms with van der Waals surface area (Å²) in [4.78, 5) is 2.67. The molecule has 0 radical (unpaired) electrons. The first-order valence-electron chi connectivity index (χ1n) is 7.33. The van der Waals surface area contributed by atoms with Gasteiger partial charge in [-0.05, 0) is 31.0 Å². The molecular formula is C16H26N2. The first-order chi connectivity index (χ1) is 8.85. The zero-order chi connectivity index (χ0) is 12.8. The number of rotatable bonds is 6. The van der Waals surface area contributed by atoms with Gasteiger partial charge in [0.2, 0.25) is 0 Å². The Hall–Kier alpha value is -0.860. The van der Waals surface area contributed by atoms with Gasteiger partial charge in [-0.3, -0.25) is 4.90 Å². The Kier molecular flexibility index (Phi) is 5.21. The van der Waals surface area contributed by atoms with Crippen LogP contribution >= 0.6 is 0 Å². The number of hydrogen-bond acceptors (Lipinski definition) is 2. The molecule has 0 aliphatic carbocycles. The quantitative estimate of drug-likeness (QED) is 0.830. The van der Waals surface area contributed by atoms with Gasteiger partial charge in [-0.15, -0.1) is 0 Å². The monoisotopic (exact) mass is 246 g/mol. The van der Waals surface area contributed by atoms with E-state index in [1.807, 2.05) is 0 Å². The maximum absolute atomic E-state index is 3.56. The van der Waals surface area contributed by atoms with Crippen molar-refractivity contribution in [3.8, 4) is 0 Å². The van der Waals surface area contributed by atoms with Gasteiger partial charge < -0.3 is 5.32 Å². The van der Waals surface area contributed by atoms with Gasteiger partial charge in [0.1, 0.15) is 0 Å². The summed E-state index contributed by atoms with van der Waals surface area (Å²) in [7, 11) is 0. The van der Waals surface area contributed by atoms with Crippen LogP contribution in [0.15, 0.2) is 30.3 Å².